The fourth-order valence-corrected chi connectivity index (χ4v) is 3.69. The van der Waals surface area contributed by atoms with Crippen molar-refractivity contribution < 1.29 is 9.53 Å². The lowest BCUT2D eigenvalue weighted by Gasteiger charge is -2.37. The van der Waals surface area contributed by atoms with Gasteiger partial charge >= 0.3 is 6.09 Å². The van der Waals surface area contributed by atoms with Crippen LogP contribution in [-0.2, 0) is 4.74 Å². The average molecular weight is 289 g/mol. The van der Waals surface area contributed by atoms with Gasteiger partial charge in [-0.3, -0.25) is 4.90 Å². The number of ether oxygens (including phenoxy) is 1. The molecule has 3 rings (SSSR count). The molecule has 3 aliphatic rings. The summed E-state index contributed by atoms with van der Waals surface area (Å²) >= 11 is 0. The quantitative estimate of drug-likeness (QED) is 0.696. The molecule has 0 aromatic carbocycles. The molecule has 3 atom stereocenters. The molecule has 21 heavy (non-hydrogen) atoms. The van der Waals surface area contributed by atoms with Gasteiger partial charge in [0, 0.05) is 31.2 Å². The summed E-state index contributed by atoms with van der Waals surface area (Å²) in [6.07, 6.45) is 4.92. The van der Waals surface area contributed by atoms with Gasteiger partial charge in [-0.15, -0.1) is 0 Å². The Morgan fingerprint density at radius 3 is 2.67 bits per heavy atom. The van der Waals surface area contributed by atoms with Crippen LogP contribution >= 0.6 is 0 Å². The molecule has 1 unspecified atom stereocenters. The van der Waals surface area contributed by atoms with E-state index in [0.717, 1.165) is 38.0 Å². The monoisotopic (exact) mass is 289 g/mol. The largest absolute Gasteiger partial charge is 0.444 e. The van der Waals surface area contributed by atoms with Crippen molar-refractivity contribution >= 4 is 6.09 Å². The first kappa shape index (κ1) is 14.4. The number of hydrogen-bond acceptors (Lipinski definition) is 3. The van der Waals surface area contributed by atoms with Gasteiger partial charge in [0.05, 0.1) is 6.57 Å². The first-order valence-electron chi connectivity index (χ1n) is 7.71. The predicted molar refractivity (Wildman–Crippen MR) is 79.5 cm³/mol. The van der Waals surface area contributed by atoms with E-state index in [0.29, 0.717) is 12.1 Å². The van der Waals surface area contributed by atoms with Gasteiger partial charge in [0.1, 0.15) is 5.60 Å². The van der Waals surface area contributed by atoms with Crippen LogP contribution in [0.4, 0.5) is 4.79 Å². The summed E-state index contributed by atoms with van der Waals surface area (Å²) in [7, 11) is 0. The molecule has 1 amide bonds. The van der Waals surface area contributed by atoms with Crippen LogP contribution in [0, 0.1) is 6.57 Å². The van der Waals surface area contributed by atoms with E-state index in [4.69, 9.17) is 11.3 Å². The molecule has 1 aliphatic carbocycles. The number of allylic oxidation sites excluding steroid dienone is 1. The molecular formula is C16H23N3O2. The van der Waals surface area contributed by atoms with Crippen molar-refractivity contribution in [2.45, 2.75) is 63.8 Å². The number of piperazine rings is 1. The van der Waals surface area contributed by atoms with Gasteiger partial charge in [0.15, 0.2) is 5.70 Å². The Morgan fingerprint density at radius 2 is 2.14 bits per heavy atom. The molecule has 5 nitrogen and oxygen atoms in total. The number of fused-ring (bicyclic) bond motifs is 2. The lowest BCUT2D eigenvalue weighted by Crippen LogP contribution is -2.52. The van der Waals surface area contributed by atoms with E-state index < -0.39 is 5.60 Å². The zero-order valence-electron chi connectivity index (χ0n) is 13.0. The molecule has 0 aromatic heterocycles. The number of carbonyl (C=O) groups excluding carboxylic acids is 1. The van der Waals surface area contributed by atoms with E-state index >= 15 is 0 Å². The average Bonchev–Trinajstić information content (AvgIpc) is 3.10. The normalized spacial score (nSPS) is 32.2. The molecule has 2 bridgehead atoms. The summed E-state index contributed by atoms with van der Waals surface area (Å²) in [5, 5.41) is 0. The molecule has 0 spiro atoms. The van der Waals surface area contributed by atoms with Gasteiger partial charge in [0.2, 0.25) is 0 Å². The lowest BCUT2D eigenvalue weighted by atomic mass is 10.2. The van der Waals surface area contributed by atoms with Crippen molar-refractivity contribution in [2.24, 2.45) is 0 Å². The maximum Gasteiger partial charge on any atom is 0.410 e. The molecule has 2 aliphatic heterocycles. The van der Waals surface area contributed by atoms with Crippen molar-refractivity contribution in [3.8, 4) is 0 Å². The van der Waals surface area contributed by atoms with E-state index in [2.05, 4.69) is 15.8 Å². The maximum atomic E-state index is 12.2. The van der Waals surface area contributed by atoms with Gasteiger partial charge in [-0.25, -0.2) is 9.64 Å². The highest BCUT2D eigenvalue weighted by atomic mass is 16.6. The van der Waals surface area contributed by atoms with Crippen LogP contribution in [0.3, 0.4) is 0 Å². The molecule has 0 N–H and O–H groups in total. The van der Waals surface area contributed by atoms with Crippen LogP contribution in [0.5, 0.6) is 0 Å². The van der Waals surface area contributed by atoms with E-state index in [1.807, 2.05) is 25.7 Å². The first-order chi connectivity index (χ1) is 9.87. The van der Waals surface area contributed by atoms with Crippen LogP contribution in [0.2, 0.25) is 0 Å². The summed E-state index contributed by atoms with van der Waals surface area (Å²) in [4.78, 5) is 20.1. The number of carbonyl (C=O) groups is 1. The van der Waals surface area contributed by atoms with Crippen LogP contribution in [0.15, 0.2) is 11.8 Å². The molecule has 0 saturated carbocycles. The van der Waals surface area contributed by atoms with E-state index in [-0.39, 0.29) is 12.1 Å². The lowest BCUT2D eigenvalue weighted by molar-refractivity contribution is 0.0108. The van der Waals surface area contributed by atoms with Crippen molar-refractivity contribution in [3.05, 3.63) is 23.2 Å². The highest BCUT2D eigenvalue weighted by Gasteiger charge is 2.48. The standard InChI is InChI=1S/C16H23N3O2/c1-16(2,3)21-15(20)19-10-13-8-14(19)9-18(13)12-6-5-11(7-12)17-4/h7,12-14H,5-6,8-10H2,1-3H3/t12?,13-,14-/m0/s1. The second-order valence-electron chi connectivity index (χ2n) is 7.25. The van der Waals surface area contributed by atoms with Crippen LogP contribution in [-0.4, -0.2) is 52.7 Å². The highest BCUT2D eigenvalue weighted by molar-refractivity contribution is 5.69. The molecule has 0 radical (unpaired) electrons. The summed E-state index contributed by atoms with van der Waals surface area (Å²) in [6.45, 7) is 14.5. The third-order valence-corrected chi connectivity index (χ3v) is 4.56. The minimum Gasteiger partial charge on any atom is -0.444 e. The highest BCUT2D eigenvalue weighted by Crippen LogP contribution is 2.36. The smallest absolute Gasteiger partial charge is 0.410 e. The third kappa shape index (κ3) is 2.77. The summed E-state index contributed by atoms with van der Waals surface area (Å²) in [5.74, 6) is 0. The Balaban J connectivity index is 1.61. The molecule has 114 valence electrons. The zero-order valence-corrected chi connectivity index (χ0v) is 13.0. The van der Waals surface area contributed by atoms with Crippen LogP contribution in [0.1, 0.15) is 40.0 Å². The minimum absolute atomic E-state index is 0.182. The second-order valence-corrected chi connectivity index (χ2v) is 7.25. The Kier molecular flexibility index (Phi) is 3.45. The fraction of sp³-hybridized carbons (Fsp3) is 0.750. The van der Waals surface area contributed by atoms with Crippen molar-refractivity contribution in [2.75, 3.05) is 13.1 Å². The summed E-state index contributed by atoms with van der Waals surface area (Å²) in [5.41, 5.74) is 0.462. The SMILES string of the molecule is [C-]#[N+]C1=CC(N2C[C@@H]3C[C@H]2CN3C(=O)OC(C)(C)C)CC1. The number of amides is 1. The molecule has 2 fully saturated rings. The third-order valence-electron chi connectivity index (χ3n) is 4.56. The van der Waals surface area contributed by atoms with Gasteiger partial charge < -0.3 is 9.64 Å². The second kappa shape index (κ2) is 5.03. The number of nitrogens with zero attached hydrogens (tertiary/aromatic N) is 3. The van der Waals surface area contributed by atoms with Gasteiger partial charge in [0.25, 0.3) is 0 Å². The summed E-state index contributed by atoms with van der Waals surface area (Å²) < 4.78 is 5.49. The molecular weight excluding hydrogens is 266 g/mol. The van der Waals surface area contributed by atoms with E-state index in [1.54, 1.807) is 0 Å². The number of hydrogen-bond donors (Lipinski definition) is 0. The van der Waals surface area contributed by atoms with E-state index in [1.165, 1.54) is 0 Å². The van der Waals surface area contributed by atoms with Crippen molar-refractivity contribution in [3.63, 3.8) is 0 Å². The topological polar surface area (TPSA) is 37.1 Å². The van der Waals surface area contributed by atoms with Crippen LogP contribution in [0.25, 0.3) is 4.85 Å². The maximum absolute atomic E-state index is 12.2. The van der Waals surface area contributed by atoms with Gasteiger partial charge in [-0.2, -0.15) is 0 Å². The predicted octanol–water partition coefficient (Wildman–Crippen LogP) is 2.65. The van der Waals surface area contributed by atoms with Gasteiger partial charge in [-0.1, -0.05) is 6.08 Å². The number of likely N-dealkylation sites (tertiary alicyclic amines) is 2. The molecule has 2 saturated heterocycles. The van der Waals surface area contributed by atoms with E-state index in [9.17, 15) is 4.79 Å². The Labute approximate surface area is 126 Å². The molecule has 0 aromatic rings. The van der Waals surface area contributed by atoms with Crippen molar-refractivity contribution in [1.82, 2.24) is 9.80 Å². The summed E-state index contributed by atoms with van der Waals surface area (Å²) in [6, 6.07) is 1.09. The Morgan fingerprint density at radius 1 is 1.38 bits per heavy atom. The Hall–Kier alpha value is -1.54. The molecule has 5 heteroatoms. The Bertz CT molecular complexity index is 515. The van der Waals surface area contributed by atoms with Crippen molar-refractivity contribution in [1.29, 1.82) is 0 Å². The minimum atomic E-state index is -0.433. The van der Waals surface area contributed by atoms with Crippen LogP contribution < -0.4 is 0 Å². The fourth-order valence-electron chi connectivity index (χ4n) is 3.69. The first-order valence-corrected chi connectivity index (χ1v) is 7.71. The zero-order chi connectivity index (χ0) is 15.2. The molecule has 2 heterocycles. The number of rotatable bonds is 1. The van der Waals surface area contributed by atoms with Gasteiger partial charge in [-0.05, 0) is 40.0 Å².